The molecule has 1 fully saturated rings. The molecule has 2 aromatic rings. The summed E-state index contributed by atoms with van der Waals surface area (Å²) in [4.78, 5) is 26.7. The molecule has 3 unspecified atom stereocenters. The van der Waals surface area contributed by atoms with Crippen molar-refractivity contribution in [3.8, 4) is 11.5 Å². The summed E-state index contributed by atoms with van der Waals surface area (Å²) in [5, 5.41) is 20.7. The van der Waals surface area contributed by atoms with E-state index in [4.69, 9.17) is 4.42 Å². The summed E-state index contributed by atoms with van der Waals surface area (Å²) in [5.74, 6) is -0.0731. The molecule has 3 atom stereocenters. The van der Waals surface area contributed by atoms with Crippen molar-refractivity contribution < 1.29 is 19.1 Å². The van der Waals surface area contributed by atoms with E-state index in [1.165, 1.54) is 16.6 Å². The van der Waals surface area contributed by atoms with Crippen molar-refractivity contribution in [2.24, 2.45) is 5.92 Å². The van der Waals surface area contributed by atoms with Crippen LogP contribution in [-0.4, -0.2) is 62.6 Å². The highest BCUT2D eigenvalue weighted by Gasteiger charge is 2.42. The number of likely N-dealkylation sites (N-methyl/N-ethyl adjacent to an activating group) is 1. The maximum atomic E-state index is 13.2. The van der Waals surface area contributed by atoms with Crippen LogP contribution in [0.15, 0.2) is 29.0 Å². The monoisotopic (exact) mass is 361 g/mol. The summed E-state index contributed by atoms with van der Waals surface area (Å²) in [6, 6.07) is 2.19. The minimum atomic E-state index is -0.719. The Morgan fingerprint density at radius 1 is 1.42 bits per heavy atom. The number of carbonyl (C=O) groups excluding carboxylic acids is 2. The van der Waals surface area contributed by atoms with Gasteiger partial charge in [0.05, 0.1) is 18.6 Å². The van der Waals surface area contributed by atoms with Crippen LogP contribution < -0.4 is 5.32 Å². The fourth-order valence-corrected chi connectivity index (χ4v) is 3.30. The lowest BCUT2D eigenvalue weighted by Gasteiger charge is -2.29. The van der Waals surface area contributed by atoms with Crippen LogP contribution in [0.25, 0.3) is 11.5 Å². The van der Waals surface area contributed by atoms with Gasteiger partial charge in [-0.1, -0.05) is 19.1 Å². The molecule has 1 saturated heterocycles. The van der Waals surface area contributed by atoms with Crippen LogP contribution in [0.3, 0.4) is 0 Å². The Bertz CT molecular complexity index is 770. The lowest BCUT2D eigenvalue weighted by atomic mass is 10.0. The van der Waals surface area contributed by atoms with Crippen molar-refractivity contribution in [3.05, 3.63) is 24.6 Å². The first-order valence-electron chi connectivity index (χ1n) is 8.58. The van der Waals surface area contributed by atoms with E-state index in [9.17, 15) is 14.7 Å². The molecule has 26 heavy (non-hydrogen) atoms. The number of hydrogen-bond acceptors (Lipinski definition) is 6. The predicted octanol–water partition coefficient (Wildman–Crippen LogP) is 0.443. The third-order valence-corrected chi connectivity index (χ3v) is 4.56. The molecule has 0 saturated carbocycles. The number of hydrogen-bond donors (Lipinski definition) is 2. The highest BCUT2D eigenvalue weighted by atomic mass is 16.3. The average molecular weight is 361 g/mol. The number of aromatic nitrogens is 3. The molecule has 2 aromatic heterocycles. The molecule has 2 N–H and O–H groups in total. The SMILES string of the molecule is CNC(=O)C1CC(O)CN1C(=O)C(C(C)C)n1cc(-c2ccco2)nn1. The molecule has 1 aliphatic heterocycles. The maximum Gasteiger partial charge on any atom is 0.248 e. The normalized spacial score (nSPS) is 21.2. The van der Waals surface area contributed by atoms with Gasteiger partial charge in [0.2, 0.25) is 11.8 Å². The molecular formula is C17H23N5O4. The number of β-amino-alcohol motifs (C(OH)–C–C–N with tert-alkyl or cyclic N) is 1. The van der Waals surface area contributed by atoms with Crippen LogP contribution >= 0.6 is 0 Å². The van der Waals surface area contributed by atoms with Gasteiger partial charge < -0.3 is 19.7 Å². The number of amides is 2. The fourth-order valence-electron chi connectivity index (χ4n) is 3.30. The Morgan fingerprint density at radius 3 is 2.81 bits per heavy atom. The van der Waals surface area contributed by atoms with E-state index < -0.39 is 18.2 Å². The van der Waals surface area contributed by atoms with E-state index in [1.54, 1.807) is 24.6 Å². The summed E-state index contributed by atoms with van der Waals surface area (Å²) in [6.07, 6.45) is 2.70. The summed E-state index contributed by atoms with van der Waals surface area (Å²) >= 11 is 0. The molecule has 0 aliphatic carbocycles. The van der Waals surface area contributed by atoms with E-state index in [0.717, 1.165) is 0 Å². The lowest BCUT2D eigenvalue weighted by Crippen LogP contribution is -2.48. The molecule has 0 spiro atoms. The average Bonchev–Trinajstić information content (AvgIpc) is 3.33. The van der Waals surface area contributed by atoms with E-state index >= 15 is 0 Å². The van der Waals surface area contributed by atoms with E-state index in [1.807, 2.05) is 13.8 Å². The maximum absolute atomic E-state index is 13.2. The van der Waals surface area contributed by atoms with E-state index in [0.29, 0.717) is 11.5 Å². The van der Waals surface area contributed by atoms with E-state index in [-0.39, 0.29) is 30.7 Å². The van der Waals surface area contributed by atoms with Crippen LogP contribution in [-0.2, 0) is 9.59 Å². The van der Waals surface area contributed by atoms with Gasteiger partial charge in [0.25, 0.3) is 0 Å². The zero-order chi connectivity index (χ0) is 18.8. The van der Waals surface area contributed by atoms with Crippen LogP contribution in [0.2, 0.25) is 0 Å². The largest absolute Gasteiger partial charge is 0.463 e. The second-order valence-electron chi connectivity index (χ2n) is 6.76. The highest BCUT2D eigenvalue weighted by molar-refractivity contribution is 5.89. The molecule has 1 aliphatic rings. The predicted molar refractivity (Wildman–Crippen MR) is 91.8 cm³/mol. The third-order valence-electron chi connectivity index (χ3n) is 4.56. The van der Waals surface area contributed by atoms with Gasteiger partial charge in [-0.2, -0.15) is 0 Å². The lowest BCUT2D eigenvalue weighted by molar-refractivity contribution is -0.142. The summed E-state index contributed by atoms with van der Waals surface area (Å²) in [5.41, 5.74) is 0.526. The number of nitrogens with zero attached hydrogens (tertiary/aromatic N) is 4. The number of rotatable bonds is 5. The first-order chi connectivity index (χ1) is 12.4. The number of carbonyl (C=O) groups is 2. The molecular weight excluding hydrogens is 338 g/mol. The first kappa shape index (κ1) is 18.1. The van der Waals surface area contributed by atoms with Crippen LogP contribution in [0.4, 0.5) is 0 Å². The molecule has 0 aromatic carbocycles. The molecule has 0 radical (unpaired) electrons. The Labute approximate surface area is 151 Å². The van der Waals surface area contributed by atoms with Gasteiger partial charge in [0, 0.05) is 20.0 Å². The zero-order valence-corrected chi connectivity index (χ0v) is 15.0. The molecule has 9 nitrogen and oxygen atoms in total. The van der Waals surface area contributed by atoms with Gasteiger partial charge >= 0.3 is 0 Å². The quantitative estimate of drug-likeness (QED) is 0.799. The molecule has 140 valence electrons. The molecule has 0 bridgehead atoms. The number of likely N-dealkylation sites (tertiary alicyclic amines) is 1. The summed E-state index contributed by atoms with van der Waals surface area (Å²) in [6.45, 7) is 3.93. The van der Waals surface area contributed by atoms with Gasteiger partial charge in [-0.15, -0.1) is 5.10 Å². The van der Waals surface area contributed by atoms with Crippen LogP contribution in [0.5, 0.6) is 0 Å². The topological polar surface area (TPSA) is 113 Å². The van der Waals surface area contributed by atoms with Gasteiger partial charge in [-0.25, -0.2) is 4.68 Å². The Balaban J connectivity index is 1.88. The minimum absolute atomic E-state index is 0.0864. The summed E-state index contributed by atoms with van der Waals surface area (Å²) in [7, 11) is 1.52. The fraction of sp³-hybridized carbons (Fsp3) is 0.529. The van der Waals surface area contributed by atoms with Gasteiger partial charge in [0.15, 0.2) is 5.76 Å². The first-order valence-corrected chi connectivity index (χ1v) is 8.58. The smallest absolute Gasteiger partial charge is 0.248 e. The Hall–Kier alpha value is -2.68. The van der Waals surface area contributed by atoms with Crippen LogP contribution in [0.1, 0.15) is 26.3 Å². The number of aliphatic hydroxyl groups is 1. The van der Waals surface area contributed by atoms with Crippen LogP contribution in [0, 0.1) is 5.92 Å². The van der Waals surface area contributed by atoms with Crippen molar-refractivity contribution in [1.82, 2.24) is 25.2 Å². The second kappa shape index (κ2) is 7.28. The van der Waals surface area contributed by atoms with Gasteiger partial charge in [-0.05, 0) is 18.1 Å². The molecule has 3 heterocycles. The van der Waals surface area contributed by atoms with Crippen molar-refractivity contribution in [1.29, 1.82) is 0 Å². The third kappa shape index (κ3) is 3.34. The Kier molecular flexibility index (Phi) is 5.08. The van der Waals surface area contributed by atoms with Crippen molar-refractivity contribution >= 4 is 11.8 Å². The molecule has 9 heteroatoms. The zero-order valence-electron chi connectivity index (χ0n) is 15.0. The van der Waals surface area contributed by atoms with Crippen molar-refractivity contribution in [2.75, 3.05) is 13.6 Å². The number of aliphatic hydroxyl groups excluding tert-OH is 1. The number of nitrogens with one attached hydrogen (secondary N) is 1. The molecule has 2 amide bonds. The minimum Gasteiger partial charge on any atom is -0.463 e. The van der Waals surface area contributed by atoms with Gasteiger partial charge in [-0.3, -0.25) is 9.59 Å². The van der Waals surface area contributed by atoms with Gasteiger partial charge in [0.1, 0.15) is 17.8 Å². The molecule has 3 rings (SSSR count). The standard InChI is InChI=1S/C17H23N5O4/c1-10(2)15(22-9-12(19-20-22)14-5-4-6-26-14)17(25)21-8-11(23)7-13(21)16(24)18-3/h4-6,9-11,13,15,23H,7-8H2,1-3H3,(H,18,24). The summed E-state index contributed by atoms with van der Waals surface area (Å²) < 4.78 is 6.81. The number of furan rings is 1. The van der Waals surface area contributed by atoms with Crippen molar-refractivity contribution in [2.45, 2.75) is 38.5 Å². The Morgan fingerprint density at radius 2 is 2.19 bits per heavy atom. The van der Waals surface area contributed by atoms with E-state index in [2.05, 4.69) is 15.6 Å². The second-order valence-corrected chi connectivity index (χ2v) is 6.76. The van der Waals surface area contributed by atoms with Crippen molar-refractivity contribution in [3.63, 3.8) is 0 Å². The highest BCUT2D eigenvalue weighted by Crippen LogP contribution is 2.27.